The molecule has 2 rings (SSSR count). The van der Waals surface area contributed by atoms with E-state index in [2.05, 4.69) is 0 Å². The lowest BCUT2D eigenvalue weighted by Crippen LogP contribution is -2.51. The zero-order chi connectivity index (χ0) is 17.9. The Labute approximate surface area is 144 Å². The molecule has 1 aromatic carbocycles. The number of piperazine rings is 1. The van der Waals surface area contributed by atoms with Crippen LogP contribution in [0.4, 0.5) is 0 Å². The zero-order valence-corrected chi connectivity index (χ0v) is 15.6. The van der Waals surface area contributed by atoms with Gasteiger partial charge in [0.25, 0.3) is 0 Å². The summed E-state index contributed by atoms with van der Waals surface area (Å²) in [6.07, 6.45) is 0. The molecule has 0 saturated carbocycles. The second-order valence-corrected chi connectivity index (χ2v) is 8.02. The van der Waals surface area contributed by atoms with Crippen molar-refractivity contribution >= 4 is 15.9 Å². The number of hydrogen-bond acceptors (Lipinski definition) is 4. The molecule has 0 atom stereocenters. The van der Waals surface area contributed by atoms with Gasteiger partial charge in [0.15, 0.2) is 0 Å². The second kappa shape index (κ2) is 7.63. The van der Waals surface area contributed by atoms with Crippen molar-refractivity contribution in [1.29, 1.82) is 0 Å². The van der Waals surface area contributed by atoms with E-state index in [1.165, 1.54) is 4.31 Å². The standard InChI is InChI=1S/C17H26N2O4S/c1-5-23-12-16(20)18-6-8-19(9-7-18)24(21,22)17-14(3)10-13(2)11-15(17)4/h10-11H,5-9,12H2,1-4H3. The minimum absolute atomic E-state index is 0.0550. The van der Waals surface area contributed by atoms with Crippen molar-refractivity contribution in [2.24, 2.45) is 0 Å². The Morgan fingerprint density at radius 1 is 1.08 bits per heavy atom. The third-order valence-electron chi connectivity index (χ3n) is 4.22. The fourth-order valence-electron chi connectivity index (χ4n) is 3.16. The zero-order valence-electron chi connectivity index (χ0n) is 14.8. The summed E-state index contributed by atoms with van der Waals surface area (Å²) in [5.74, 6) is -0.0865. The minimum atomic E-state index is -3.54. The molecule has 0 bridgehead atoms. The molecule has 0 spiro atoms. The molecular weight excluding hydrogens is 328 g/mol. The van der Waals surface area contributed by atoms with E-state index in [9.17, 15) is 13.2 Å². The maximum atomic E-state index is 13.0. The van der Waals surface area contributed by atoms with Gasteiger partial charge in [0, 0.05) is 32.8 Å². The van der Waals surface area contributed by atoms with Gasteiger partial charge in [-0.25, -0.2) is 8.42 Å². The van der Waals surface area contributed by atoms with Crippen LogP contribution in [-0.2, 0) is 19.6 Å². The van der Waals surface area contributed by atoms with Crippen LogP contribution in [0.15, 0.2) is 17.0 Å². The molecule has 24 heavy (non-hydrogen) atoms. The van der Waals surface area contributed by atoms with Gasteiger partial charge in [-0.05, 0) is 38.8 Å². The Kier molecular flexibility index (Phi) is 6.01. The van der Waals surface area contributed by atoms with Crippen molar-refractivity contribution < 1.29 is 17.9 Å². The molecule has 1 aliphatic rings. The van der Waals surface area contributed by atoms with E-state index in [4.69, 9.17) is 4.74 Å². The smallest absolute Gasteiger partial charge is 0.248 e. The summed E-state index contributed by atoms with van der Waals surface area (Å²) >= 11 is 0. The van der Waals surface area contributed by atoms with Crippen molar-refractivity contribution in [2.45, 2.75) is 32.6 Å². The average molecular weight is 354 g/mol. The Bertz CT molecular complexity index is 684. The number of aryl methyl sites for hydroxylation is 3. The van der Waals surface area contributed by atoms with Crippen LogP contribution in [0.3, 0.4) is 0 Å². The Hall–Kier alpha value is -1.44. The van der Waals surface area contributed by atoms with Crippen molar-refractivity contribution in [1.82, 2.24) is 9.21 Å². The lowest BCUT2D eigenvalue weighted by atomic mass is 10.1. The van der Waals surface area contributed by atoms with Crippen LogP contribution in [0.1, 0.15) is 23.6 Å². The van der Waals surface area contributed by atoms with Gasteiger partial charge < -0.3 is 9.64 Å². The number of rotatable bonds is 5. The van der Waals surface area contributed by atoms with E-state index in [1.54, 1.807) is 4.90 Å². The number of ether oxygens (including phenoxy) is 1. The Morgan fingerprint density at radius 2 is 1.62 bits per heavy atom. The first-order valence-corrected chi connectivity index (χ1v) is 9.65. The van der Waals surface area contributed by atoms with Gasteiger partial charge in [0.1, 0.15) is 6.61 Å². The largest absolute Gasteiger partial charge is 0.372 e. The molecule has 134 valence electrons. The van der Waals surface area contributed by atoms with E-state index >= 15 is 0 Å². The molecule has 1 fully saturated rings. The van der Waals surface area contributed by atoms with Crippen molar-refractivity contribution in [2.75, 3.05) is 39.4 Å². The van der Waals surface area contributed by atoms with Gasteiger partial charge in [0.05, 0.1) is 4.90 Å². The molecule has 1 heterocycles. The molecule has 0 aromatic heterocycles. The summed E-state index contributed by atoms with van der Waals surface area (Å²) in [6.45, 7) is 9.42. The number of amides is 1. The molecule has 7 heteroatoms. The summed E-state index contributed by atoms with van der Waals surface area (Å²) in [4.78, 5) is 14.0. The third-order valence-corrected chi connectivity index (χ3v) is 6.43. The highest BCUT2D eigenvalue weighted by Gasteiger charge is 2.32. The number of sulfonamides is 1. The number of carbonyl (C=O) groups excluding carboxylic acids is 1. The van der Waals surface area contributed by atoms with Gasteiger partial charge in [-0.2, -0.15) is 4.31 Å². The quantitative estimate of drug-likeness (QED) is 0.803. The average Bonchev–Trinajstić information content (AvgIpc) is 2.51. The molecule has 6 nitrogen and oxygen atoms in total. The van der Waals surface area contributed by atoms with Crippen LogP contribution >= 0.6 is 0 Å². The highest BCUT2D eigenvalue weighted by molar-refractivity contribution is 7.89. The van der Waals surface area contributed by atoms with Crippen LogP contribution < -0.4 is 0 Å². The first kappa shape index (κ1) is 18.9. The lowest BCUT2D eigenvalue weighted by molar-refractivity contribution is -0.137. The molecule has 1 aliphatic heterocycles. The van der Waals surface area contributed by atoms with Crippen molar-refractivity contribution in [3.8, 4) is 0 Å². The monoisotopic (exact) mass is 354 g/mol. The normalized spacial score (nSPS) is 16.4. The van der Waals surface area contributed by atoms with Crippen molar-refractivity contribution in [3.05, 3.63) is 28.8 Å². The number of nitrogens with zero attached hydrogens (tertiary/aromatic N) is 2. The van der Waals surface area contributed by atoms with Gasteiger partial charge in [-0.15, -0.1) is 0 Å². The summed E-state index contributed by atoms with van der Waals surface area (Å²) in [5, 5.41) is 0. The van der Waals surface area contributed by atoms with E-state index < -0.39 is 10.0 Å². The predicted octanol–water partition coefficient (Wildman–Crippen LogP) is 1.48. The van der Waals surface area contributed by atoms with Gasteiger partial charge >= 0.3 is 0 Å². The maximum absolute atomic E-state index is 13.0. The predicted molar refractivity (Wildman–Crippen MR) is 92.5 cm³/mol. The Morgan fingerprint density at radius 3 is 2.12 bits per heavy atom. The summed E-state index contributed by atoms with van der Waals surface area (Å²) in [7, 11) is -3.54. The first-order chi connectivity index (χ1) is 11.3. The van der Waals surface area contributed by atoms with E-state index in [0.717, 1.165) is 16.7 Å². The SMILES string of the molecule is CCOCC(=O)N1CCN(S(=O)(=O)c2c(C)cc(C)cc2C)CC1. The fourth-order valence-corrected chi connectivity index (χ4v) is 5.00. The van der Waals surface area contributed by atoms with Crippen LogP contribution in [0.25, 0.3) is 0 Å². The van der Waals surface area contributed by atoms with Gasteiger partial charge in [0.2, 0.25) is 15.9 Å². The second-order valence-electron chi connectivity index (χ2n) is 6.15. The van der Waals surface area contributed by atoms with Crippen LogP contribution in [0.2, 0.25) is 0 Å². The molecule has 0 unspecified atom stereocenters. The Balaban J connectivity index is 2.12. The highest BCUT2D eigenvalue weighted by atomic mass is 32.2. The van der Waals surface area contributed by atoms with E-state index in [1.807, 2.05) is 39.8 Å². The minimum Gasteiger partial charge on any atom is -0.372 e. The summed E-state index contributed by atoms with van der Waals surface area (Å²) in [5.41, 5.74) is 2.58. The summed E-state index contributed by atoms with van der Waals surface area (Å²) in [6, 6.07) is 3.78. The van der Waals surface area contributed by atoms with E-state index in [0.29, 0.717) is 37.7 Å². The maximum Gasteiger partial charge on any atom is 0.248 e. The van der Waals surface area contributed by atoms with Gasteiger partial charge in [-0.1, -0.05) is 17.7 Å². The summed E-state index contributed by atoms with van der Waals surface area (Å²) < 4.78 is 32.6. The van der Waals surface area contributed by atoms with Gasteiger partial charge in [-0.3, -0.25) is 4.79 Å². The number of benzene rings is 1. The van der Waals surface area contributed by atoms with Crippen LogP contribution in [-0.4, -0.2) is 62.9 Å². The molecule has 0 N–H and O–H groups in total. The lowest BCUT2D eigenvalue weighted by Gasteiger charge is -2.34. The van der Waals surface area contributed by atoms with E-state index in [-0.39, 0.29) is 12.5 Å². The molecular formula is C17H26N2O4S. The van der Waals surface area contributed by atoms with Crippen LogP contribution in [0.5, 0.6) is 0 Å². The molecule has 0 radical (unpaired) electrons. The molecule has 1 amide bonds. The third kappa shape index (κ3) is 3.96. The molecule has 1 aromatic rings. The molecule has 1 saturated heterocycles. The number of carbonyl (C=O) groups is 1. The number of hydrogen-bond donors (Lipinski definition) is 0. The first-order valence-electron chi connectivity index (χ1n) is 8.21. The topological polar surface area (TPSA) is 66.9 Å². The highest BCUT2D eigenvalue weighted by Crippen LogP contribution is 2.26. The fraction of sp³-hybridized carbons (Fsp3) is 0.588. The van der Waals surface area contributed by atoms with Crippen molar-refractivity contribution in [3.63, 3.8) is 0 Å². The molecule has 0 aliphatic carbocycles. The van der Waals surface area contributed by atoms with Crippen LogP contribution in [0, 0.1) is 20.8 Å².